The zero-order valence-corrected chi connectivity index (χ0v) is 20.0. The molecule has 32 heavy (non-hydrogen) atoms. The van der Waals surface area contributed by atoms with E-state index in [4.69, 9.17) is 14.2 Å². The molecule has 0 N–H and O–H groups in total. The third kappa shape index (κ3) is 4.01. The van der Waals surface area contributed by atoms with Crippen LogP contribution in [0.25, 0.3) is 0 Å². The first kappa shape index (κ1) is 24.2. The Kier molecular flexibility index (Phi) is 6.67. The number of rotatable bonds is 9. The molecular weight excluding hydrogens is 412 g/mol. The van der Waals surface area contributed by atoms with Gasteiger partial charge in [0.05, 0.1) is 25.3 Å². The zero-order valence-electron chi connectivity index (χ0n) is 20.0. The summed E-state index contributed by atoms with van der Waals surface area (Å²) in [6.45, 7) is 10.7. The van der Waals surface area contributed by atoms with Crippen LogP contribution in [0.15, 0.2) is 24.3 Å². The fourth-order valence-corrected chi connectivity index (χ4v) is 4.75. The molecule has 1 aliphatic carbocycles. The van der Waals surface area contributed by atoms with Crippen LogP contribution in [0.1, 0.15) is 41.0 Å². The van der Waals surface area contributed by atoms with Gasteiger partial charge in [-0.2, -0.15) is 0 Å². The van der Waals surface area contributed by atoms with Crippen molar-refractivity contribution >= 4 is 23.4 Å². The van der Waals surface area contributed by atoms with Crippen molar-refractivity contribution in [1.29, 1.82) is 0 Å². The van der Waals surface area contributed by atoms with Crippen molar-refractivity contribution in [2.24, 2.45) is 16.7 Å². The molecule has 3 amide bonds. The minimum atomic E-state index is -0.901. The van der Waals surface area contributed by atoms with Crippen LogP contribution >= 0.6 is 0 Å². The molecule has 0 bridgehead atoms. The molecule has 1 aromatic carbocycles. The van der Waals surface area contributed by atoms with Crippen LogP contribution in [0.2, 0.25) is 0 Å². The van der Waals surface area contributed by atoms with E-state index in [-0.39, 0.29) is 41.5 Å². The highest BCUT2D eigenvalue weighted by molar-refractivity contribution is 6.23. The van der Waals surface area contributed by atoms with E-state index < -0.39 is 18.2 Å². The lowest BCUT2D eigenvalue weighted by Crippen LogP contribution is -2.50. The number of imide groups is 1. The second-order valence-corrected chi connectivity index (χ2v) is 9.48. The summed E-state index contributed by atoms with van der Waals surface area (Å²) in [5.41, 5.74) is 0.0390. The lowest BCUT2D eigenvalue weighted by atomic mass is 10.0. The van der Waals surface area contributed by atoms with Gasteiger partial charge in [0.1, 0.15) is 11.8 Å². The minimum absolute atomic E-state index is 0.0648. The Morgan fingerprint density at radius 3 is 2.12 bits per heavy atom. The molecule has 1 aromatic rings. The monoisotopic (exact) mass is 446 g/mol. The lowest BCUT2D eigenvalue weighted by molar-refractivity contribution is -0.154. The fourth-order valence-electron chi connectivity index (χ4n) is 4.75. The quantitative estimate of drug-likeness (QED) is 0.428. The van der Waals surface area contributed by atoms with E-state index in [2.05, 4.69) is 0 Å². The fraction of sp³-hybridized carbons (Fsp3) is 0.625. The summed E-state index contributed by atoms with van der Waals surface area (Å²) in [4.78, 5) is 42.5. The van der Waals surface area contributed by atoms with Crippen molar-refractivity contribution in [3.8, 4) is 5.75 Å². The first-order valence-corrected chi connectivity index (χ1v) is 11.0. The number of amides is 3. The number of methoxy groups -OCH3 is 2. The Bertz CT molecular complexity index is 861. The number of hydrogen-bond acceptors (Lipinski definition) is 6. The van der Waals surface area contributed by atoms with Gasteiger partial charge >= 0.3 is 0 Å². The number of nitrogens with zero attached hydrogens (tertiary/aromatic N) is 2. The summed E-state index contributed by atoms with van der Waals surface area (Å²) >= 11 is 0. The number of anilines is 1. The van der Waals surface area contributed by atoms with E-state index in [1.807, 2.05) is 34.6 Å². The highest BCUT2D eigenvalue weighted by Crippen LogP contribution is 2.69. The summed E-state index contributed by atoms with van der Waals surface area (Å²) < 4.78 is 16.1. The third-order valence-electron chi connectivity index (χ3n) is 7.33. The van der Waals surface area contributed by atoms with Crippen LogP contribution in [0.3, 0.4) is 0 Å². The van der Waals surface area contributed by atoms with E-state index in [9.17, 15) is 14.4 Å². The molecule has 1 atom stereocenters. The standard InChI is InChI=1S/C24H34N2O6/c1-8-32-16-11-9-15(10-12-16)26-18(27)13-17(21(26)28)25(14-19(30-6)31-7)22(29)20-23(2,3)24(20,4)5/h9-12,17,19-20H,8,13-14H2,1-7H3. The highest BCUT2D eigenvalue weighted by atomic mass is 16.7. The molecule has 8 heteroatoms. The highest BCUT2D eigenvalue weighted by Gasteiger charge is 2.69. The first-order valence-electron chi connectivity index (χ1n) is 11.0. The minimum Gasteiger partial charge on any atom is -0.494 e. The molecule has 1 saturated carbocycles. The van der Waals surface area contributed by atoms with Crippen LogP contribution in [0.5, 0.6) is 5.75 Å². The topological polar surface area (TPSA) is 85.4 Å². The van der Waals surface area contributed by atoms with Crippen LogP contribution in [-0.4, -0.2) is 62.3 Å². The number of benzene rings is 1. The molecule has 176 valence electrons. The van der Waals surface area contributed by atoms with Gasteiger partial charge in [-0.05, 0) is 42.0 Å². The van der Waals surface area contributed by atoms with Gasteiger partial charge in [0.15, 0.2) is 6.29 Å². The van der Waals surface area contributed by atoms with Gasteiger partial charge in [-0.25, -0.2) is 4.90 Å². The Hall–Kier alpha value is -2.45. The number of hydrogen-bond donors (Lipinski definition) is 0. The number of carbonyl (C=O) groups excluding carboxylic acids is 3. The van der Waals surface area contributed by atoms with E-state index in [0.717, 1.165) is 4.90 Å². The van der Waals surface area contributed by atoms with Crippen LogP contribution in [0, 0.1) is 16.7 Å². The van der Waals surface area contributed by atoms with E-state index in [0.29, 0.717) is 18.0 Å². The van der Waals surface area contributed by atoms with Crippen LogP contribution < -0.4 is 9.64 Å². The molecule has 8 nitrogen and oxygen atoms in total. The third-order valence-corrected chi connectivity index (χ3v) is 7.33. The van der Waals surface area contributed by atoms with Gasteiger partial charge in [-0.1, -0.05) is 27.7 Å². The van der Waals surface area contributed by atoms with Crippen molar-refractivity contribution in [3.05, 3.63) is 24.3 Å². The smallest absolute Gasteiger partial charge is 0.257 e. The number of ether oxygens (including phenoxy) is 3. The SMILES string of the molecule is CCOc1ccc(N2C(=O)CC(N(CC(OC)OC)C(=O)C3C(C)(C)C3(C)C)C2=O)cc1. The normalized spacial score (nSPS) is 21.9. The molecule has 1 aliphatic heterocycles. The molecule has 2 aliphatic rings. The maximum Gasteiger partial charge on any atom is 0.257 e. The van der Waals surface area contributed by atoms with Gasteiger partial charge < -0.3 is 19.1 Å². The van der Waals surface area contributed by atoms with Gasteiger partial charge in [0.2, 0.25) is 11.8 Å². The largest absolute Gasteiger partial charge is 0.494 e. The van der Waals surface area contributed by atoms with Gasteiger partial charge in [-0.3, -0.25) is 14.4 Å². The summed E-state index contributed by atoms with van der Waals surface area (Å²) in [6.07, 6.45) is -0.780. The van der Waals surface area contributed by atoms with E-state index in [1.165, 1.54) is 19.1 Å². The molecule has 3 rings (SSSR count). The van der Waals surface area contributed by atoms with Crippen LogP contribution in [-0.2, 0) is 23.9 Å². The van der Waals surface area contributed by atoms with Crippen molar-refractivity contribution < 1.29 is 28.6 Å². The van der Waals surface area contributed by atoms with E-state index >= 15 is 0 Å². The molecular formula is C24H34N2O6. The summed E-state index contributed by atoms with van der Waals surface area (Å²) in [5, 5.41) is 0. The molecule has 0 aromatic heterocycles. The van der Waals surface area contributed by atoms with Crippen LogP contribution in [0.4, 0.5) is 5.69 Å². The van der Waals surface area contributed by atoms with Crippen molar-refractivity contribution in [2.75, 3.05) is 32.3 Å². The Morgan fingerprint density at radius 2 is 1.66 bits per heavy atom. The lowest BCUT2D eigenvalue weighted by Gasteiger charge is -2.31. The van der Waals surface area contributed by atoms with Gasteiger partial charge in [-0.15, -0.1) is 0 Å². The first-order chi connectivity index (χ1) is 15.0. The average Bonchev–Trinajstić information content (AvgIpc) is 2.97. The molecule has 1 heterocycles. The predicted octanol–water partition coefficient (Wildman–Crippen LogP) is 2.85. The van der Waals surface area contributed by atoms with Crippen molar-refractivity contribution in [3.63, 3.8) is 0 Å². The van der Waals surface area contributed by atoms with Crippen molar-refractivity contribution in [1.82, 2.24) is 4.90 Å². The summed E-state index contributed by atoms with van der Waals surface area (Å²) in [6, 6.07) is 5.89. The van der Waals surface area contributed by atoms with E-state index in [1.54, 1.807) is 24.3 Å². The summed E-state index contributed by atoms with van der Waals surface area (Å²) in [7, 11) is 2.96. The molecule has 0 radical (unpaired) electrons. The molecule has 0 spiro atoms. The maximum absolute atomic E-state index is 13.6. The maximum atomic E-state index is 13.6. The van der Waals surface area contributed by atoms with Gasteiger partial charge in [0, 0.05) is 20.1 Å². The molecule has 1 unspecified atom stereocenters. The number of carbonyl (C=O) groups is 3. The second kappa shape index (κ2) is 8.83. The average molecular weight is 447 g/mol. The Labute approximate surface area is 189 Å². The predicted molar refractivity (Wildman–Crippen MR) is 119 cm³/mol. The molecule has 1 saturated heterocycles. The molecule has 2 fully saturated rings. The summed E-state index contributed by atoms with van der Waals surface area (Å²) in [5.74, 6) is -0.520. The second-order valence-electron chi connectivity index (χ2n) is 9.48. The Balaban J connectivity index is 1.89. The Morgan fingerprint density at radius 1 is 1.09 bits per heavy atom. The van der Waals surface area contributed by atoms with Crippen molar-refractivity contribution in [2.45, 2.75) is 53.4 Å². The zero-order chi connectivity index (χ0) is 23.8. The van der Waals surface area contributed by atoms with Gasteiger partial charge in [0.25, 0.3) is 5.91 Å².